The minimum atomic E-state index is -0.0324. The quantitative estimate of drug-likeness (QED) is 0.785. The Bertz CT molecular complexity index is 491. The third-order valence-electron chi connectivity index (χ3n) is 4.31. The smallest absolute Gasteiger partial charge is 0.220 e. The van der Waals surface area contributed by atoms with E-state index in [0.29, 0.717) is 6.54 Å². The highest BCUT2D eigenvalue weighted by Gasteiger charge is 2.28. The number of carbonyl (C=O) groups excluding carboxylic acids is 2. The molecule has 4 nitrogen and oxygen atoms in total. The number of hydrogen-bond acceptors (Lipinski definition) is 4. The molecule has 0 atom stereocenters. The summed E-state index contributed by atoms with van der Waals surface area (Å²) in [6, 6.07) is 3.67. The zero-order valence-electron chi connectivity index (χ0n) is 13.6. The summed E-state index contributed by atoms with van der Waals surface area (Å²) in [5.41, 5.74) is -0.0200. The molecule has 0 aliphatic carbocycles. The van der Waals surface area contributed by atoms with Crippen molar-refractivity contribution in [2.24, 2.45) is 0 Å². The van der Waals surface area contributed by atoms with Crippen LogP contribution in [0.4, 0.5) is 0 Å². The maximum atomic E-state index is 12.0. The van der Waals surface area contributed by atoms with Gasteiger partial charge in [-0.15, -0.1) is 11.3 Å². The SMILES string of the molecule is CC(C)(CNC(=O)CCC(=O)c1cccs1)N1CCCCC1. The van der Waals surface area contributed by atoms with Gasteiger partial charge in [0.25, 0.3) is 0 Å². The monoisotopic (exact) mass is 322 g/mol. The van der Waals surface area contributed by atoms with Gasteiger partial charge in [-0.05, 0) is 51.2 Å². The number of carbonyl (C=O) groups is 2. The van der Waals surface area contributed by atoms with Crippen molar-refractivity contribution in [1.82, 2.24) is 10.2 Å². The second kappa shape index (κ2) is 7.88. The second-order valence-corrected chi connectivity index (χ2v) is 7.49. The van der Waals surface area contributed by atoms with Gasteiger partial charge < -0.3 is 5.32 Å². The van der Waals surface area contributed by atoms with Crippen LogP contribution in [-0.2, 0) is 4.79 Å². The third-order valence-corrected chi connectivity index (χ3v) is 5.22. The molecule has 22 heavy (non-hydrogen) atoms. The number of likely N-dealkylation sites (tertiary alicyclic amines) is 1. The standard InChI is InChI=1S/C17H26N2O2S/c1-17(2,19-10-4-3-5-11-19)13-18-16(21)9-8-14(20)15-7-6-12-22-15/h6-7,12H,3-5,8-11,13H2,1-2H3,(H,18,21). The van der Waals surface area contributed by atoms with Gasteiger partial charge in [0.15, 0.2) is 5.78 Å². The Morgan fingerprint density at radius 3 is 2.59 bits per heavy atom. The minimum absolute atomic E-state index is 0.0200. The zero-order chi connectivity index (χ0) is 16.0. The second-order valence-electron chi connectivity index (χ2n) is 6.54. The topological polar surface area (TPSA) is 49.4 Å². The van der Waals surface area contributed by atoms with Crippen LogP contribution in [0.25, 0.3) is 0 Å². The molecule has 0 unspecified atom stereocenters. The van der Waals surface area contributed by atoms with Crippen LogP contribution >= 0.6 is 11.3 Å². The van der Waals surface area contributed by atoms with Crippen LogP contribution in [0.1, 0.15) is 55.6 Å². The first-order valence-electron chi connectivity index (χ1n) is 8.07. The van der Waals surface area contributed by atoms with Crippen molar-refractivity contribution in [3.8, 4) is 0 Å². The van der Waals surface area contributed by atoms with E-state index < -0.39 is 0 Å². The van der Waals surface area contributed by atoms with Gasteiger partial charge in [0.1, 0.15) is 0 Å². The highest BCUT2D eigenvalue weighted by Crippen LogP contribution is 2.20. The predicted octanol–water partition coefficient (Wildman–Crippen LogP) is 3.09. The Morgan fingerprint density at radius 1 is 1.23 bits per heavy atom. The van der Waals surface area contributed by atoms with E-state index in [9.17, 15) is 9.59 Å². The van der Waals surface area contributed by atoms with E-state index in [0.717, 1.165) is 18.0 Å². The summed E-state index contributed by atoms with van der Waals surface area (Å²) in [6.07, 6.45) is 4.35. The first-order valence-corrected chi connectivity index (χ1v) is 8.95. The lowest BCUT2D eigenvalue weighted by Gasteiger charge is -2.41. The number of thiophene rings is 1. The molecule has 1 amide bonds. The van der Waals surface area contributed by atoms with Gasteiger partial charge in [-0.25, -0.2) is 0 Å². The van der Waals surface area contributed by atoms with Gasteiger partial charge in [-0.3, -0.25) is 14.5 Å². The van der Waals surface area contributed by atoms with Crippen LogP contribution in [0.3, 0.4) is 0 Å². The van der Waals surface area contributed by atoms with E-state index in [2.05, 4.69) is 24.1 Å². The van der Waals surface area contributed by atoms with Gasteiger partial charge in [-0.2, -0.15) is 0 Å². The van der Waals surface area contributed by atoms with Crippen molar-refractivity contribution >= 4 is 23.0 Å². The number of Topliss-reactive ketones (excluding diaryl/α,β-unsaturated/α-hetero) is 1. The summed E-state index contributed by atoms with van der Waals surface area (Å²) in [5, 5.41) is 4.87. The molecule has 1 aliphatic rings. The lowest BCUT2D eigenvalue weighted by atomic mass is 9.98. The van der Waals surface area contributed by atoms with Crippen LogP contribution < -0.4 is 5.32 Å². The summed E-state index contributed by atoms with van der Waals surface area (Å²) in [6.45, 7) is 7.21. The van der Waals surface area contributed by atoms with Gasteiger partial charge in [-0.1, -0.05) is 12.5 Å². The lowest BCUT2D eigenvalue weighted by Crippen LogP contribution is -2.53. The molecule has 5 heteroatoms. The molecule has 1 saturated heterocycles. The van der Waals surface area contributed by atoms with Crippen molar-refractivity contribution in [2.45, 2.75) is 51.5 Å². The summed E-state index contributed by atoms with van der Waals surface area (Å²) >= 11 is 1.43. The maximum absolute atomic E-state index is 12.0. The number of piperidine rings is 1. The van der Waals surface area contributed by atoms with Gasteiger partial charge in [0, 0.05) is 24.9 Å². The van der Waals surface area contributed by atoms with E-state index in [1.807, 2.05) is 17.5 Å². The fraction of sp³-hybridized carbons (Fsp3) is 0.647. The Hall–Kier alpha value is -1.20. The van der Waals surface area contributed by atoms with E-state index in [-0.39, 0.29) is 30.1 Å². The largest absolute Gasteiger partial charge is 0.354 e. The number of hydrogen-bond donors (Lipinski definition) is 1. The van der Waals surface area contributed by atoms with Crippen LogP contribution in [0.5, 0.6) is 0 Å². The molecule has 2 heterocycles. The van der Waals surface area contributed by atoms with Crippen molar-refractivity contribution in [3.63, 3.8) is 0 Å². The van der Waals surface area contributed by atoms with E-state index in [4.69, 9.17) is 0 Å². The highest BCUT2D eigenvalue weighted by atomic mass is 32.1. The molecule has 0 aromatic carbocycles. The van der Waals surface area contributed by atoms with E-state index >= 15 is 0 Å². The van der Waals surface area contributed by atoms with Crippen molar-refractivity contribution in [3.05, 3.63) is 22.4 Å². The fourth-order valence-corrected chi connectivity index (χ4v) is 3.50. The molecule has 0 radical (unpaired) electrons. The number of rotatable bonds is 7. The molecule has 1 fully saturated rings. The van der Waals surface area contributed by atoms with E-state index in [1.54, 1.807) is 0 Å². The molecule has 2 rings (SSSR count). The summed E-state index contributed by atoms with van der Waals surface area (Å²) in [4.78, 5) is 27.0. The fourth-order valence-electron chi connectivity index (χ4n) is 2.80. The van der Waals surface area contributed by atoms with Crippen LogP contribution in [0.2, 0.25) is 0 Å². The Kier molecular flexibility index (Phi) is 6.15. The highest BCUT2D eigenvalue weighted by molar-refractivity contribution is 7.12. The van der Waals surface area contributed by atoms with Crippen LogP contribution in [0, 0.1) is 0 Å². The molecule has 122 valence electrons. The number of amides is 1. The van der Waals surface area contributed by atoms with Gasteiger partial charge >= 0.3 is 0 Å². The number of ketones is 1. The third kappa shape index (κ3) is 4.92. The Labute approximate surface area is 136 Å². The molecule has 1 N–H and O–H groups in total. The molecule has 0 spiro atoms. The first kappa shape index (κ1) is 17.2. The Morgan fingerprint density at radius 2 is 1.95 bits per heavy atom. The summed E-state index contributed by atoms with van der Waals surface area (Å²) < 4.78 is 0. The molecule has 1 aliphatic heterocycles. The zero-order valence-corrected chi connectivity index (χ0v) is 14.4. The molecular formula is C17H26N2O2S. The summed E-state index contributed by atoms with van der Waals surface area (Å²) in [5.74, 6) is 0.0235. The summed E-state index contributed by atoms with van der Waals surface area (Å²) in [7, 11) is 0. The Balaban J connectivity index is 1.71. The van der Waals surface area contributed by atoms with Crippen molar-refractivity contribution < 1.29 is 9.59 Å². The van der Waals surface area contributed by atoms with Crippen LogP contribution in [-0.4, -0.2) is 41.8 Å². The molecule has 0 saturated carbocycles. The molecule has 1 aromatic heterocycles. The normalized spacial score (nSPS) is 16.5. The number of nitrogens with one attached hydrogen (secondary N) is 1. The van der Waals surface area contributed by atoms with E-state index in [1.165, 1.54) is 30.6 Å². The average Bonchev–Trinajstić information content (AvgIpc) is 3.06. The molecule has 0 bridgehead atoms. The minimum Gasteiger partial charge on any atom is -0.354 e. The van der Waals surface area contributed by atoms with Crippen molar-refractivity contribution in [2.75, 3.05) is 19.6 Å². The average molecular weight is 322 g/mol. The maximum Gasteiger partial charge on any atom is 0.220 e. The molecular weight excluding hydrogens is 296 g/mol. The molecule has 1 aromatic rings. The van der Waals surface area contributed by atoms with Crippen molar-refractivity contribution in [1.29, 1.82) is 0 Å². The number of nitrogens with zero attached hydrogens (tertiary/aromatic N) is 1. The van der Waals surface area contributed by atoms with Crippen LogP contribution in [0.15, 0.2) is 17.5 Å². The van der Waals surface area contributed by atoms with Gasteiger partial charge in [0.05, 0.1) is 4.88 Å². The lowest BCUT2D eigenvalue weighted by molar-refractivity contribution is -0.121. The first-order chi connectivity index (χ1) is 10.5. The predicted molar refractivity (Wildman–Crippen MR) is 90.4 cm³/mol. The van der Waals surface area contributed by atoms with Gasteiger partial charge in [0.2, 0.25) is 5.91 Å².